The smallest absolute Gasteiger partial charge is 0.307 e. The van der Waals surface area contributed by atoms with Gasteiger partial charge in [-0.1, -0.05) is 42.0 Å². The van der Waals surface area contributed by atoms with Crippen molar-refractivity contribution in [1.29, 1.82) is 0 Å². The molecule has 0 aromatic heterocycles. The van der Waals surface area contributed by atoms with Gasteiger partial charge in [0.25, 0.3) is 5.91 Å². The molecular weight excluding hydrogens is 416 g/mol. The standard InChI is InChI=1S/C23H28N2O5S/c26-22(24-14-12-18-6-2-1-3-7-18)17-30-23(27)13-15-25-31(28,29)21-11-10-19-8-4-5-9-20(19)16-21/h4-6,8-11,16,25H,1-3,7,12-15,17H2,(H,24,26). The average Bonchev–Trinajstić information content (AvgIpc) is 2.78. The fourth-order valence-corrected chi connectivity index (χ4v) is 4.54. The molecule has 0 saturated carbocycles. The van der Waals surface area contributed by atoms with E-state index in [-0.39, 0.29) is 30.4 Å². The summed E-state index contributed by atoms with van der Waals surface area (Å²) in [6.07, 6.45) is 7.50. The minimum Gasteiger partial charge on any atom is -0.456 e. The molecule has 1 aliphatic carbocycles. The van der Waals surface area contributed by atoms with Gasteiger partial charge in [-0.25, -0.2) is 13.1 Å². The van der Waals surface area contributed by atoms with Gasteiger partial charge in [0, 0.05) is 13.1 Å². The summed E-state index contributed by atoms with van der Waals surface area (Å²) in [4.78, 5) is 23.7. The van der Waals surface area contributed by atoms with Crippen molar-refractivity contribution in [2.45, 2.75) is 43.4 Å². The van der Waals surface area contributed by atoms with E-state index in [1.54, 1.807) is 12.1 Å². The number of fused-ring (bicyclic) bond motifs is 1. The normalized spacial score (nSPS) is 14.1. The minimum atomic E-state index is -3.74. The Morgan fingerprint density at radius 2 is 1.81 bits per heavy atom. The van der Waals surface area contributed by atoms with Crippen LogP contribution >= 0.6 is 0 Å². The second kappa shape index (κ2) is 11.1. The van der Waals surface area contributed by atoms with E-state index in [2.05, 4.69) is 16.1 Å². The highest BCUT2D eigenvalue weighted by molar-refractivity contribution is 7.89. The monoisotopic (exact) mass is 444 g/mol. The van der Waals surface area contributed by atoms with Crippen molar-refractivity contribution in [1.82, 2.24) is 10.0 Å². The number of ether oxygens (including phenoxy) is 1. The molecule has 3 rings (SSSR count). The molecule has 2 aromatic carbocycles. The Labute approximate surface area is 182 Å². The minimum absolute atomic E-state index is 0.107. The molecule has 0 aliphatic heterocycles. The number of rotatable bonds is 10. The highest BCUT2D eigenvalue weighted by Gasteiger charge is 2.15. The lowest BCUT2D eigenvalue weighted by molar-refractivity contribution is -0.148. The third-order valence-corrected chi connectivity index (χ3v) is 6.63. The van der Waals surface area contributed by atoms with Crippen molar-refractivity contribution < 1.29 is 22.7 Å². The summed E-state index contributed by atoms with van der Waals surface area (Å²) in [7, 11) is -3.74. The molecular formula is C23H28N2O5S. The molecule has 0 bridgehead atoms. The topological polar surface area (TPSA) is 102 Å². The highest BCUT2D eigenvalue weighted by Crippen LogP contribution is 2.20. The van der Waals surface area contributed by atoms with Crippen LogP contribution in [0.15, 0.2) is 59.0 Å². The number of carbonyl (C=O) groups excluding carboxylic acids is 2. The molecule has 1 aliphatic rings. The van der Waals surface area contributed by atoms with Gasteiger partial charge in [-0.15, -0.1) is 0 Å². The van der Waals surface area contributed by atoms with Gasteiger partial charge in [-0.3, -0.25) is 9.59 Å². The number of nitrogens with one attached hydrogen (secondary N) is 2. The molecule has 0 unspecified atom stereocenters. The summed E-state index contributed by atoms with van der Waals surface area (Å²) < 4.78 is 32.2. The van der Waals surface area contributed by atoms with Crippen molar-refractivity contribution in [3.8, 4) is 0 Å². The Kier molecular flexibility index (Phi) is 8.20. The molecule has 1 amide bonds. The molecule has 0 saturated heterocycles. The maximum Gasteiger partial charge on any atom is 0.307 e. The van der Waals surface area contributed by atoms with Crippen LogP contribution in [0.3, 0.4) is 0 Å². The van der Waals surface area contributed by atoms with Gasteiger partial charge in [0.1, 0.15) is 0 Å². The summed E-state index contributed by atoms with van der Waals surface area (Å²) in [5.41, 5.74) is 1.36. The van der Waals surface area contributed by atoms with E-state index in [1.807, 2.05) is 24.3 Å². The molecule has 0 fully saturated rings. The van der Waals surface area contributed by atoms with Crippen molar-refractivity contribution >= 4 is 32.7 Å². The van der Waals surface area contributed by atoms with Crippen molar-refractivity contribution in [3.05, 3.63) is 54.1 Å². The number of benzene rings is 2. The van der Waals surface area contributed by atoms with E-state index < -0.39 is 16.0 Å². The Morgan fingerprint density at radius 1 is 1.00 bits per heavy atom. The van der Waals surface area contributed by atoms with Crippen LogP contribution in [0.25, 0.3) is 10.8 Å². The van der Waals surface area contributed by atoms with Gasteiger partial charge in [-0.05, 0) is 55.0 Å². The lowest BCUT2D eigenvalue weighted by atomic mass is 9.97. The number of hydrogen-bond donors (Lipinski definition) is 2. The lowest BCUT2D eigenvalue weighted by Crippen LogP contribution is -2.31. The molecule has 8 heteroatoms. The first-order valence-electron chi connectivity index (χ1n) is 10.5. The maximum atomic E-state index is 12.4. The predicted octanol–water partition coefficient (Wildman–Crippen LogP) is 3.06. The van der Waals surface area contributed by atoms with E-state index in [4.69, 9.17) is 4.74 Å². The molecule has 0 radical (unpaired) electrons. The van der Waals surface area contributed by atoms with Gasteiger partial charge in [-0.2, -0.15) is 0 Å². The Bertz CT molecular complexity index is 1060. The van der Waals surface area contributed by atoms with E-state index >= 15 is 0 Å². The molecule has 2 aromatic rings. The van der Waals surface area contributed by atoms with Crippen LogP contribution in [0.2, 0.25) is 0 Å². The number of amides is 1. The van der Waals surface area contributed by atoms with Gasteiger partial charge in [0.2, 0.25) is 10.0 Å². The van der Waals surface area contributed by atoms with Crippen molar-refractivity contribution in [3.63, 3.8) is 0 Å². The second-order valence-corrected chi connectivity index (χ2v) is 9.29. The zero-order chi connectivity index (χ0) is 22.1. The average molecular weight is 445 g/mol. The first-order valence-corrected chi connectivity index (χ1v) is 12.0. The third-order valence-electron chi connectivity index (χ3n) is 5.17. The summed E-state index contributed by atoms with van der Waals surface area (Å²) >= 11 is 0. The van der Waals surface area contributed by atoms with Crippen LogP contribution in [-0.2, 0) is 24.3 Å². The Morgan fingerprint density at radius 3 is 2.58 bits per heavy atom. The van der Waals surface area contributed by atoms with Crippen LogP contribution in [-0.4, -0.2) is 40.0 Å². The summed E-state index contributed by atoms with van der Waals surface area (Å²) in [6, 6.07) is 12.3. The fraction of sp³-hybridized carbons (Fsp3) is 0.391. The number of hydrogen-bond acceptors (Lipinski definition) is 5. The molecule has 31 heavy (non-hydrogen) atoms. The van der Waals surface area contributed by atoms with Gasteiger partial charge in [0.05, 0.1) is 11.3 Å². The zero-order valence-corrected chi connectivity index (χ0v) is 18.2. The van der Waals surface area contributed by atoms with Crippen LogP contribution in [0.1, 0.15) is 38.5 Å². The SMILES string of the molecule is O=C(COC(=O)CCNS(=O)(=O)c1ccc2ccccc2c1)NCCC1=CCCCC1. The van der Waals surface area contributed by atoms with Crippen LogP contribution in [0.4, 0.5) is 0 Å². The van der Waals surface area contributed by atoms with Gasteiger partial charge in [0.15, 0.2) is 6.61 Å². The third kappa shape index (κ3) is 7.18. The lowest BCUT2D eigenvalue weighted by Gasteiger charge is -2.13. The quantitative estimate of drug-likeness (QED) is 0.433. The first kappa shape index (κ1) is 23.0. The van der Waals surface area contributed by atoms with Crippen LogP contribution in [0, 0.1) is 0 Å². The molecule has 166 valence electrons. The van der Waals surface area contributed by atoms with E-state index in [1.165, 1.54) is 24.5 Å². The number of allylic oxidation sites excluding steroid dienone is 1. The van der Waals surface area contributed by atoms with Crippen LogP contribution in [0.5, 0.6) is 0 Å². The second-order valence-electron chi connectivity index (χ2n) is 7.53. The molecule has 0 heterocycles. The maximum absolute atomic E-state index is 12.4. The number of esters is 1. The Hall–Kier alpha value is -2.71. The van der Waals surface area contributed by atoms with Gasteiger partial charge < -0.3 is 10.1 Å². The fourth-order valence-electron chi connectivity index (χ4n) is 3.47. The summed E-state index contributed by atoms with van der Waals surface area (Å²) in [5, 5.41) is 4.49. The van der Waals surface area contributed by atoms with Crippen molar-refractivity contribution in [2.24, 2.45) is 0 Å². The van der Waals surface area contributed by atoms with Crippen LogP contribution < -0.4 is 10.0 Å². The largest absolute Gasteiger partial charge is 0.456 e. The molecule has 0 spiro atoms. The summed E-state index contributed by atoms with van der Waals surface area (Å²) in [5.74, 6) is -0.993. The molecule has 2 N–H and O–H groups in total. The molecule has 0 atom stereocenters. The van der Waals surface area contributed by atoms with Gasteiger partial charge >= 0.3 is 5.97 Å². The number of carbonyl (C=O) groups is 2. The van der Waals surface area contributed by atoms with E-state index in [0.717, 1.165) is 30.0 Å². The van der Waals surface area contributed by atoms with E-state index in [9.17, 15) is 18.0 Å². The Balaban J connectivity index is 1.36. The van der Waals surface area contributed by atoms with Crippen molar-refractivity contribution in [2.75, 3.05) is 19.7 Å². The van der Waals surface area contributed by atoms with E-state index in [0.29, 0.717) is 6.54 Å². The first-order chi connectivity index (χ1) is 14.9. The predicted molar refractivity (Wildman–Crippen MR) is 119 cm³/mol. The molecule has 7 nitrogen and oxygen atoms in total. The summed E-state index contributed by atoms with van der Waals surface area (Å²) in [6.45, 7) is 0.0485. The zero-order valence-electron chi connectivity index (χ0n) is 17.4. The number of sulfonamides is 1. The highest BCUT2D eigenvalue weighted by atomic mass is 32.2.